The molecule has 29 heavy (non-hydrogen) atoms. The minimum Gasteiger partial charge on any atom is -0.279 e. The van der Waals surface area contributed by atoms with Crippen molar-refractivity contribution in [3.05, 3.63) is 66.7 Å². The molecular formula is C18H19N5O4S2. The second-order valence-electron chi connectivity index (χ2n) is 6.72. The summed E-state index contributed by atoms with van der Waals surface area (Å²) >= 11 is 0. The summed E-state index contributed by atoms with van der Waals surface area (Å²) < 4.78 is 56.8. The Balaban J connectivity index is 1.55. The van der Waals surface area contributed by atoms with Gasteiger partial charge in [0.2, 0.25) is 10.0 Å². The molecule has 0 unspecified atom stereocenters. The van der Waals surface area contributed by atoms with Gasteiger partial charge in [0.25, 0.3) is 10.0 Å². The molecule has 0 amide bonds. The largest absolute Gasteiger partial charge is 0.279 e. The molecule has 11 heteroatoms. The maximum absolute atomic E-state index is 12.8. The van der Waals surface area contributed by atoms with Crippen molar-refractivity contribution >= 4 is 25.7 Å². The number of hydrogen-bond donors (Lipinski definition) is 2. The Labute approximate surface area is 168 Å². The highest BCUT2D eigenvalue weighted by atomic mass is 32.2. The minimum atomic E-state index is -3.90. The molecule has 1 aromatic heterocycles. The van der Waals surface area contributed by atoms with Gasteiger partial charge in [-0.1, -0.05) is 18.2 Å². The standard InChI is InChI=1S/C18H19N5O4S2/c24-28(25,21-15-5-6-15)16-7-9-17(10-8-16)29(26,27)22-18-4-2-1-3-14(18)11-23-13-19-12-20-23/h1-4,7-10,12-13,15,21-22H,5-6,11H2. The van der Waals surface area contributed by atoms with E-state index in [0.717, 1.165) is 18.4 Å². The van der Waals surface area contributed by atoms with Crippen LogP contribution in [0.5, 0.6) is 0 Å². The van der Waals surface area contributed by atoms with Gasteiger partial charge in [-0.3, -0.25) is 4.72 Å². The summed E-state index contributed by atoms with van der Waals surface area (Å²) in [5.41, 5.74) is 1.13. The summed E-state index contributed by atoms with van der Waals surface area (Å²) in [6.07, 6.45) is 4.59. The fourth-order valence-electron chi connectivity index (χ4n) is 2.74. The van der Waals surface area contributed by atoms with Crippen LogP contribution in [0, 0.1) is 0 Å². The minimum absolute atomic E-state index is 0.0217. The van der Waals surface area contributed by atoms with E-state index in [-0.39, 0.29) is 15.8 Å². The Morgan fingerprint density at radius 3 is 2.21 bits per heavy atom. The molecule has 4 rings (SSSR count). The third kappa shape index (κ3) is 4.63. The molecule has 9 nitrogen and oxygen atoms in total. The summed E-state index contributed by atoms with van der Waals surface area (Å²) in [4.78, 5) is 3.89. The van der Waals surface area contributed by atoms with E-state index in [4.69, 9.17) is 0 Å². The highest BCUT2D eigenvalue weighted by Gasteiger charge is 2.28. The predicted molar refractivity (Wildman–Crippen MR) is 106 cm³/mol. The Morgan fingerprint density at radius 2 is 1.59 bits per heavy atom. The number of para-hydroxylation sites is 1. The number of hydrogen-bond acceptors (Lipinski definition) is 6. The first kappa shape index (κ1) is 19.6. The van der Waals surface area contributed by atoms with Crippen molar-refractivity contribution in [3.8, 4) is 0 Å². The summed E-state index contributed by atoms with van der Waals surface area (Å²) in [6, 6.07) is 12.1. The van der Waals surface area contributed by atoms with E-state index in [2.05, 4.69) is 19.5 Å². The normalized spacial score (nSPS) is 14.6. The smallest absolute Gasteiger partial charge is 0.261 e. The van der Waals surface area contributed by atoms with E-state index in [9.17, 15) is 16.8 Å². The van der Waals surface area contributed by atoms with Crippen molar-refractivity contribution in [2.45, 2.75) is 35.2 Å². The molecule has 0 saturated heterocycles. The van der Waals surface area contributed by atoms with Crippen molar-refractivity contribution in [1.29, 1.82) is 0 Å². The molecule has 1 aliphatic rings. The van der Waals surface area contributed by atoms with Gasteiger partial charge >= 0.3 is 0 Å². The first-order valence-corrected chi connectivity index (χ1v) is 11.9. The van der Waals surface area contributed by atoms with Crippen LogP contribution in [0.25, 0.3) is 0 Å². The quantitative estimate of drug-likeness (QED) is 0.556. The summed E-state index contributed by atoms with van der Waals surface area (Å²) in [7, 11) is -7.53. The maximum Gasteiger partial charge on any atom is 0.261 e. The lowest BCUT2D eigenvalue weighted by Crippen LogP contribution is -2.25. The van der Waals surface area contributed by atoms with Crippen LogP contribution in [-0.2, 0) is 26.6 Å². The molecule has 2 aromatic carbocycles. The fourth-order valence-corrected chi connectivity index (χ4v) is 5.14. The van der Waals surface area contributed by atoms with E-state index in [1.54, 1.807) is 35.3 Å². The molecule has 0 radical (unpaired) electrons. The second kappa shape index (κ2) is 7.58. The number of anilines is 1. The molecule has 0 atom stereocenters. The fraction of sp³-hybridized carbons (Fsp3) is 0.222. The van der Waals surface area contributed by atoms with Gasteiger partial charge in [-0.2, -0.15) is 5.10 Å². The van der Waals surface area contributed by atoms with E-state index < -0.39 is 20.0 Å². The molecule has 1 heterocycles. The Hall–Kier alpha value is -2.76. The molecule has 1 saturated carbocycles. The van der Waals surface area contributed by atoms with Crippen LogP contribution in [0.2, 0.25) is 0 Å². The van der Waals surface area contributed by atoms with Gasteiger partial charge in [0.1, 0.15) is 12.7 Å². The van der Waals surface area contributed by atoms with Gasteiger partial charge in [-0.05, 0) is 48.7 Å². The van der Waals surface area contributed by atoms with Crippen molar-refractivity contribution in [3.63, 3.8) is 0 Å². The highest BCUT2D eigenvalue weighted by molar-refractivity contribution is 7.92. The number of nitrogens with zero attached hydrogens (tertiary/aromatic N) is 3. The number of benzene rings is 2. The monoisotopic (exact) mass is 433 g/mol. The summed E-state index contributed by atoms with van der Waals surface area (Å²) in [5, 5.41) is 4.03. The molecule has 0 aliphatic heterocycles. The van der Waals surface area contributed by atoms with E-state index in [1.165, 1.54) is 30.6 Å². The molecular weight excluding hydrogens is 414 g/mol. The molecule has 2 N–H and O–H groups in total. The van der Waals surface area contributed by atoms with Crippen LogP contribution < -0.4 is 9.44 Å². The third-order valence-corrected chi connectivity index (χ3v) is 7.32. The molecule has 0 spiro atoms. The SMILES string of the molecule is O=S(=O)(Nc1ccccc1Cn1cncn1)c1ccc(S(=O)(=O)NC2CC2)cc1. The molecule has 1 fully saturated rings. The lowest BCUT2D eigenvalue weighted by atomic mass is 10.2. The number of nitrogens with one attached hydrogen (secondary N) is 2. The van der Waals surface area contributed by atoms with Crippen molar-refractivity contribution < 1.29 is 16.8 Å². The average Bonchev–Trinajstić information content (AvgIpc) is 3.34. The van der Waals surface area contributed by atoms with Gasteiger partial charge in [-0.15, -0.1) is 0 Å². The van der Waals surface area contributed by atoms with Crippen LogP contribution in [0.15, 0.2) is 71.0 Å². The zero-order chi connectivity index (χ0) is 20.5. The third-order valence-electron chi connectivity index (χ3n) is 4.40. The van der Waals surface area contributed by atoms with Crippen LogP contribution in [0.4, 0.5) is 5.69 Å². The zero-order valence-corrected chi connectivity index (χ0v) is 16.9. The summed E-state index contributed by atoms with van der Waals surface area (Å²) in [6.45, 7) is 0.350. The second-order valence-corrected chi connectivity index (χ2v) is 10.1. The van der Waals surface area contributed by atoms with E-state index in [0.29, 0.717) is 12.2 Å². The lowest BCUT2D eigenvalue weighted by molar-refractivity contribution is 0.580. The predicted octanol–water partition coefficient (Wildman–Crippen LogP) is 1.57. The first-order valence-electron chi connectivity index (χ1n) is 8.89. The number of rotatable bonds is 8. The van der Waals surface area contributed by atoms with Gasteiger partial charge in [0.05, 0.1) is 22.0 Å². The highest BCUT2D eigenvalue weighted by Crippen LogP contribution is 2.24. The lowest BCUT2D eigenvalue weighted by Gasteiger charge is -2.13. The Bertz CT molecular complexity index is 1200. The van der Waals surface area contributed by atoms with Crippen LogP contribution >= 0.6 is 0 Å². The van der Waals surface area contributed by atoms with Crippen molar-refractivity contribution in [2.24, 2.45) is 0 Å². The van der Waals surface area contributed by atoms with Gasteiger partial charge in [0, 0.05) is 6.04 Å². The van der Waals surface area contributed by atoms with E-state index >= 15 is 0 Å². The first-order chi connectivity index (χ1) is 13.8. The zero-order valence-electron chi connectivity index (χ0n) is 15.3. The van der Waals surface area contributed by atoms with Gasteiger partial charge in [0.15, 0.2) is 0 Å². The van der Waals surface area contributed by atoms with Crippen LogP contribution in [0.1, 0.15) is 18.4 Å². The average molecular weight is 434 g/mol. The van der Waals surface area contributed by atoms with Crippen LogP contribution in [-0.4, -0.2) is 37.6 Å². The number of aromatic nitrogens is 3. The van der Waals surface area contributed by atoms with Crippen LogP contribution in [0.3, 0.4) is 0 Å². The molecule has 0 bridgehead atoms. The molecule has 152 valence electrons. The van der Waals surface area contributed by atoms with Crippen molar-refractivity contribution in [2.75, 3.05) is 4.72 Å². The Morgan fingerprint density at radius 1 is 0.931 bits per heavy atom. The molecule has 3 aromatic rings. The molecule has 1 aliphatic carbocycles. The summed E-state index contributed by atoms with van der Waals surface area (Å²) in [5.74, 6) is 0. The van der Waals surface area contributed by atoms with Gasteiger partial charge in [-0.25, -0.2) is 31.2 Å². The Kier molecular flexibility index (Phi) is 5.11. The maximum atomic E-state index is 12.8. The van der Waals surface area contributed by atoms with Gasteiger partial charge < -0.3 is 0 Å². The topological polar surface area (TPSA) is 123 Å². The van der Waals surface area contributed by atoms with E-state index in [1.807, 2.05) is 0 Å². The number of sulfonamides is 2. The van der Waals surface area contributed by atoms with Crippen molar-refractivity contribution in [1.82, 2.24) is 19.5 Å².